The second-order valence-corrected chi connectivity index (χ2v) is 5.55. The van der Waals surface area contributed by atoms with Gasteiger partial charge in [-0.25, -0.2) is 0 Å². The van der Waals surface area contributed by atoms with E-state index in [9.17, 15) is 4.79 Å². The Hall–Kier alpha value is -1.42. The highest BCUT2D eigenvalue weighted by atomic mass is 35.5. The monoisotopic (exact) mass is 297 g/mol. The van der Waals surface area contributed by atoms with E-state index in [1.807, 2.05) is 19.1 Å². The molecule has 110 valence electrons. The van der Waals surface area contributed by atoms with Gasteiger partial charge in [-0.15, -0.1) is 0 Å². The molecule has 1 aliphatic rings. The van der Waals surface area contributed by atoms with Crippen molar-refractivity contribution in [2.45, 2.75) is 38.6 Å². The van der Waals surface area contributed by atoms with Crippen LogP contribution in [0.25, 0.3) is 0 Å². The minimum absolute atomic E-state index is 0.155. The molecule has 1 aromatic carbocycles. The quantitative estimate of drug-likeness (QED) is 0.868. The molecule has 0 bridgehead atoms. The molecule has 20 heavy (non-hydrogen) atoms. The highest BCUT2D eigenvalue weighted by Gasteiger charge is 2.27. The topological polar surface area (TPSA) is 58.6 Å². The van der Waals surface area contributed by atoms with Gasteiger partial charge in [0.25, 0.3) is 0 Å². The van der Waals surface area contributed by atoms with E-state index >= 15 is 0 Å². The van der Waals surface area contributed by atoms with Gasteiger partial charge in [0.1, 0.15) is 5.75 Å². The number of hydrogen-bond donors (Lipinski definition) is 2. The van der Waals surface area contributed by atoms with E-state index in [1.165, 1.54) is 0 Å². The molecule has 0 saturated heterocycles. The molecule has 0 spiro atoms. The lowest BCUT2D eigenvalue weighted by Gasteiger charge is -2.28. The number of carbonyl (C=O) groups is 1. The van der Waals surface area contributed by atoms with E-state index in [2.05, 4.69) is 5.32 Å². The first kappa shape index (κ1) is 15.0. The fraction of sp³-hybridized carbons (Fsp3) is 0.533. The molecule has 1 fully saturated rings. The summed E-state index contributed by atoms with van der Waals surface area (Å²) in [5, 5.41) is 13.2. The third kappa shape index (κ3) is 3.79. The lowest BCUT2D eigenvalue weighted by molar-refractivity contribution is -0.142. The van der Waals surface area contributed by atoms with Gasteiger partial charge in [0, 0.05) is 11.1 Å². The normalized spacial score (nSPS) is 22.3. The second kappa shape index (κ2) is 6.84. The first-order chi connectivity index (χ1) is 9.60. The third-order valence-corrected chi connectivity index (χ3v) is 3.86. The van der Waals surface area contributed by atoms with Crippen LogP contribution in [0.5, 0.6) is 5.75 Å². The summed E-state index contributed by atoms with van der Waals surface area (Å²) in [6, 6.07) is 5.61. The summed E-state index contributed by atoms with van der Waals surface area (Å²) < 4.78 is 5.57. The van der Waals surface area contributed by atoms with E-state index in [0.717, 1.165) is 30.7 Å². The van der Waals surface area contributed by atoms with Crippen LogP contribution >= 0.6 is 11.6 Å². The van der Waals surface area contributed by atoms with Crippen LogP contribution < -0.4 is 10.1 Å². The Morgan fingerprint density at radius 3 is 3.00 bits per heavy atom. The van der Waals surface area contributed by atoms with Crippen molar-refractivity contribution in [3.63, 3.8) is 0 Å². The van der Waals surface area contributed by atoms with Crippen LogP contribution in [0.3, 0.4) is 0 Å². The maximum Gasteiger partial charge on any atom is 0.306 e. The predicted molar refractivity (Wildman–Crippen MR) is 79.6 cm³/mol. The van der Waals surface area contributed by atoms with Crippen LogP contribution in [0.1, 0.15) is 32.6 Å². The first-order valence-electron chi connectivity index (χ1n) is 7.01. The Balaban J connectivity index is 2.08. The van der Waals surface area contributed by atoms with E-state index in [1.54, 1.807) is 6.07 Å². The zero-order chi connectivity index (χ0) is 14.5. The van der Waals surface area contributed by atoms with Crippen molar-refractivity contribution in [2.24, 2.45) is 5.92 Å². The van der Waals surface area contributed by atoms with Crippen molar-refractivity contribution >= 4 is 23.3 Å². The largest absolute Gasteiger partial charge is 0.492 e. The second-order valence-electron chi connectivity index (χ2n) is 5.12. The van der Waals surface area contributed by atoms with Crippen LogP contribution in [-0.4, -0.2) is 23.7 Å². The molecule has 2 unspecified atom stereocenters. The predicted octanol–water partition coefficient (Wildman–Crippen LogP) is 3.79. The van der Waals surface area contributed by atoms with Crippen LogP contribution in [-0.2, 0) is 4.79 Å². The molecule has 2 atom stereocenters. The van der Waals surface area contributed by atoms with Crippen LogP contribution in [0, 0.1) is 5.92 Å². The van der Waals surface area contributed by atoms with Crippen LogP contribution in [0.4, 0.5) is 5.69 Å². The summed E-state index contributed by atoms with van der Waals surface area (Å²) >= 11 is 6.02. The average Bonchev–Trinajstić information content (AvgIpc) is 2.42. The molecule has 0 radical (unpaired) electrons. The molecule has 1 aromatic rings. The number of rotatable bonds is 5. The van der Waals surface area contributed by atoms with Gasteiger partial charge in [0.2, 0.25) is 0 Å². The third-order valence-electron chi connectivity index (χ3n) is 3.62. The Morgan fingerprint density at radius 1 is 1.50 bits per heavy atom. The standard InChI is InChI=1S/C15H20ClNO3/c1-2-20-14-7-6-11(16)9-13(14)17-12-5-3-4-10(8-12)15(18)19/h6-7,9-10,12,17H,2-5,8H2,1H3,(H,18,19). The molecular weight excluding hydrogens is 278 g/mol. The average molecular weight is 298 g/mol. The fourth-order valence-corrected chi connectivity index (χ4v) is 2.83. The summed E-state index contributed by atoms with van der Waals surface area (Å²) in [6.45, 7) is 2.51. The molecule has 2 N–H and O–H groups in total. The number of aliphatic carboxylic acids is 1. The lowest BCUT2D eigenvalue weighted by Crippen LogP contribution is -2.31. The van der Waals surface area contributed by atoms with E-state index in [0.29, 0.717) is 18.1 Å². The molecule has 1 saturated carbocycles. The molecule has 0 aromatic heterocycles. The first-order valence-corrected chi connectivity index (χ1v) is 7.39. The van der Waals surface area contributed by atoms with E-state index in [-0.39, 0.29) is 12.0 Å². The van der Waals surface area contributed by atoms with Crippen LogP contribution in [0.15, 0.2) is 18.2 Å². The van der Waals surface area contributed by atoms with E-state index < -0.39 is 5.97 Å². The van der Waals surface area contributed by atoms with Gasteiger partial charge in [-0.1, -0.05) is 18.0 Å². The van der Waals surface area contributed by atoms with Crippen molar-refractivity contribution in [1.29, 1.82) is 0 Å². The molecular formula is C15H20ClNO3. The lowest BCUT2D eigenvalue weighted by atomic mass is 9.85. The Bertz CT molecular complexity index is 478. The maximum atomic E-state index is 11.1. The Labute approximate surface area is 124 Å². The molecule has 0 aliphatic heterocycles. The van der Waals surface area contributed by atoms with Crippen molar-refractivity contribution in [3.05, 3.63) is 23.2 Å². The number of halogens is 1. The van der Waals surface area contributed by atoms with Crippen molar-refractivity contribution < 1.29 is 14.6 Å². The van der Waals surface area contributed by atoms with Gasteiger partial charge in [-0.3, -0.25) is 4.79 Å². The van der Waals surface area contributed by atoms with Gasteiger partial charge >= 0.3 is 5.97 Å². The fourth-order valence-electron chi connectivity index (χ4n) is 2.66. The number of carboxylic acid groups (broad SMARTS) is 1. The zero-order valence-electron chi connectivity index (χ0n) is 11.6. The summed E-state index contributed by atoms with van der Waals surface area (Å²) in [7, 11) is 0. The number of ether oxygens (including phenoxy) is 1. The van der Waals surface area contributed by atoms with Crippen LogP contribution in [0.2, 0.25) is 5.02 Å². The maximum absolute atomic E-state index is 11.1. The van der Waals surface area contributed by atoms with Gasteiger partial charge < -0.3 is 15.2 Å². The van der Waals surface area contributed by atoms with Crippen molar-refractivity contribution in [1.82, 2.24) is 0 Å². The molecule has 5 heteroatoms. The zero-order valence-corrected chi connectivity index (χ0v) is 12.3. The number of carboxylic acids is 1. The molecule has 2 rings (SSSR count). The van der Waals surface area contributed by atoms with E-state index in [4.69, 9.17) is 21.4 Å². The number of nitrogens with one attached hydrogen (secondary N) is 1. The molecule has 4 nitrogen and oxygen atoms in total. The summed E-state index contributed by atoms with van der Waals surface area (Å²) in [5.74, 6) is -0.196. The van der Waals surface area contributed by atoms with Gasteiger partial charge in [0.05, 0.1) is 18.2 Å². The number of anilines is 1. The highest BCUT2D eigenvalue weighted by Crippen LogP contribution is 2.32. The number of benzene rings is 1. The van der Waals surface area contributed by atoms with Crippen molar-refractivity contribution in [2.75, 3.05) is 11.9 Å². The molecule has 0 amide bonds. The SMILES string of the molecule is CCOc1ccc(Cl)cc1NC1CCCC(C(=O)O)C1. The number of hydrogen-bond acceptors (Lipinski definition) is 3. The molecule has 0 heterocycles. The highest BCUT2D eigenvalue weighted by molar-refractivity contribution is 6.30. The molecule has 1 aliphatic carbocycles. The summed E-state index contributed by atoms with van der Waals surface area (Å²) in [6.07, 6.45) is 3.32. The van der Waals surface area contributed by atoms with Crippen molar-refractivity contribution in [3.8, 4) is 5.75 Å². The Morgan fingerprint density at radius 2 is 2.30 bits per heavy atom. The van der Waals surface area contributed by atoms with Gasteiger partial charge in [-0.2, -0.15) is 0 Å². The minimum atomic E-state index is -0.701. The summed E-state index contributed by atoms with van der Waals surface area (Å²) in [5.41, 5.74) is 0.843. The minimum Gasteiger partial charge on any atom is -0.492 e. The Kier molecular flexibility index (Phi) is 5.12. The van der Waals surface area contributed by atoms with Gasteiger partial charge in [-0.05, 0) is 44.4 Å². The smallest absolute Gasteiger partial charge is 0.306 e. The summed E-state index contributed by atoms with van der Waals surface area (Å²) in [4.78, 5) is 11.1. The van der Waals surface area contributed by atoms with Gasteiger partial charge in [0.15, 0.2) is 0 Å².